The number of aryl methyl sites for hydroxylation is 2. The molecule has 0 bridgehead atoms. The van der Waals surface area contributed by atoms with Crippen LogP contribution in [-0.2, 0) is 4.79 Å². The average Bonchev–Trinajstić information content (AvgIpc) is 2.53. The Morgan fingerprint density at radius 1 is 1.04 bits per heavy atom. The molecule has 0 saturated heterocycles. The molecule has 2 aromatic carbocycles. The SMILES string of the molecule is Cc1ccc(NC(N)=NCCC(=O)Nc2ccc(Br)cc2)cc1C. The van der Waals surface area contributed by atoms with Crippen LogP contribution >= 0.6 is 15.9 Å². The van der Waals surface area contributed by atoms with Crippen molar-refractivity contribution in [2.24, 2.45) is 10.7 Å². The lowest BCUT2D eigenvalue weighted by Crippen LogP contribution is -2.23. The van der Waals surface area contributed by atoms with Gasteiger partial charge >= 0.3 is 0 Å². The minimum atomic E-state index is -0.0972. The number of halogens is 1. The number of anilines is 2. The van der Waals surface area contributed by atoms with E-state index in [-0.39, 0.29) is 12.3 Å². The second kappa shape index (κ2) is 8.49. The summed E-state index contributed by atoms with van der Waals surface area (Å²) in [6, 6.07) is 13.4. The summed E-state index contributed by atoms with van der Waals surface area (Å²) in [5.41, 5.74) is 9.90. The zero-order valence-corrected chi connectivity index (χ0v) is 15.4. The molecule has 0 aliphatic rings. The molecular weight excluding hydrogens is 368 g/mol. The Balaban J connectivity index is 1.80. The number of nitrogens with two attached hydrogens (primary N) is 1. The van der Waals surface area contributed by atoms with Gasteiger partial charge in [0.1, 0.15) is 0 Å². The minimum Gasteiger partial charge on any atom is -0.370 e. The Morgan fingerprint density at radius 2 is 1.71 bits per heavy atom. The van der Waals surface area contributed by atoms with E-state index in [1.54, 1.807) is 0 Å². The highest BCUT2D eigenvalue weighted by Crippen LogP contribution is 2.15. The summed E-state index contributed by atoms with van der Waals surface area (Å²) in [5, 5.41) is 5.85. The third-order valence-electron chi connectivity index (χ3n) is 3.53. The van der Waals surface area contributed by atoms with Crippen molar-refractivity contribution in [2.45, 2.75) is 20.3 Å². The molecule has 5 nitrogen and oxygen atoms in total. The van der Waals surface area contributed by atoms with Crippen LogP contribution in [-0.4, -0.2) is 18.4 Å². The molecule has 4 N–H and O–H groups in total. The maximum atomic E-state index is 11.9. The molecule has 0 aromatic heterocycles. The number of benzene rings is 2. The highest BCUT2D eigenvalue weighted by molar-refractivity contribution is 9.10. The van der Waals surface area contributed by atoms with Crippen LogP contribution in [0.5, 0.6) is 0 Å². The first kappa shape index (κ1) is 18.0. The first-order valence-corrected chi connectivity index (χ1v) is 8.43. The average molecular weight is 389 g/mol. The van der Waals surface area contributed by atoms with Crippen LogP contribution in [0.2, 0.25) is 0 Å². The van der Waals surface area contributed by atoms with Gasteiger partial charge in [-0.05, 0) is 61.4 Å². The molecule has 1 amide bonds. The second-order valence-corrected chi connectivity index (χ2v) is 6.41. The maximum absolute atomic E-state index is 11.9. The molecular formula is C18H21BrN4O. The van der Waals surface area contributed by atoms with Gasteiger partial charge in [-0.25, -0.2) is 0 Å². The largest absolute Gasteiger partial charge is 0.370 e. The Bertz CT molecular complexity index is 741. The molecule has 0 aliphatic heterocycles. The molecule has 2 rings (SSSR count). The van der Waals surface area contributed by atoms with Gasteiger partial charge in [-0.1, -0.05) is 22.0 Å². The second-order valence-electron chi connectivity index (χ2n) is 5.50. The van der Waals surface area contributed by atoms with E-state index in [0.29, 0.717) is 12.5 Å². The van der Waals surface area contributed by atoms with E-state index in [0.717, 1.165) is 15.8 Å². The number of rotatable bonds is 5. The number of hydrogen-bond donors (Lipinski definition) is 3. The summed E-state index contributed by atoms with van der Waals surface area (Å²) in [4.78, 5) is 16.0. The molecule has 0 fully saturated rings. The number of hydrogen-bond acceptors (Lipinski definition) is 2. The van der Waals surface area contributed by atoms with E-state index in [1.165, 1.54) is 11.1 Å². The van der Waals surface area contributed by atoms with Crippen LogP contribution < -0.4 is 16.4 Å². The first-order chi connectivity index (χ1) is 11.4. The van der Waals surface area contributed by atoms with Crippen molar-refractivity contribution in [3.63, 3.8) is 0 Å². The molecule has 0 radical (unpaired) electrons. The van der Waals surface area contributed by atoms with Gasteiger partial charge in [-0.3, -0.25) is 9.79 Å². The van der Waals surface area contributed by atoms with Crippen LogP contribution in [0.15, 0.2) is 51.9 Å². The molecule has 2 aromatic rings. The number of carbonyl (C=O) groups is 1. The number of nitrogens with one attached hydrogen (secondary N) is 2. The van der Waals surface area contributed by atoms with Crippen LogP contribution in [0.25, 0.3) is 0 Å². The molecule has 6 heteroatoms. The fraction of sp³-hybridized carbons (Fsp3) is 0.222. The smallest absolute Gasteiger partial charge is 0.226 e. The lowest BCUT2D eigenvalue weighted by molar-refractivity contribution is -0.116. The van der Waals surface area contributed by atoms with Crippen LogP contribution in [0.3, 0.4) is 0 Å². The molecule has 0 atom stereocenters. The van der Waals surface area contributed by atoms with E-state index in [2.05, 4.69) is 38.5 Å². The molecule has 126 valence electrons. The van der Waals surface area contributed by atoms with E-state index in [4.69, 9.17) is 5.73 Å². The predicted molar refractivity (Wildman–Crippen MR) is 103 cm³/mol. The Hall–Kier alpha value is -2.34. The molecule has 24 heavy (non-hydrogen) atoms. The van der Waals surface area contributed by atoms with Gasteiger partial charge < -0.3 is 16.4 Å². The van der Waals surface area contributed by atoms with Gasteiger partial charge in [0.25, 0.3) is 0 Å². The number of amides is 1. The summed E-state index contributed by atoms with van der Waals surface area (Å²) < 4.78 is 0.968. The Morgan fingerprint density at radius 3 is 2.38 bits per heavy atom. The van der Waals surface area contributed by atoms with Crippen molar-refractivity contribution in [1.82, 2.24) is 0 Å². The van der Waals surface area contributed by atoms with Gasteiger partial charge in [0.2, 0.25) is 5.91 Å². The van der Waals surface area contributed by atoms with Crippen molar-refractivity contribution in [1.29, 1.82) is 0 Å². The lowest BCUT2D eigenvalue weighted by Gasteiger charge is -2.08. The highest BCUT2D eigenvalue weighted by Gasteiger charge is 2.02. The van der Waals surface area contributed by atoms with Crippen molar-refractivity contribution >= 4 is 39.2 Å². The topological polar surface area (TPSA) is 79.5 Å². The van der Waals surface area contributed by atoms with Gasteiger partial charge in [0.15, 0.2) is 5.96 Å². The Labute approximate surface area is 150 Å². The number of carbonyl (C=O) groups excluding carboxylic acids is 1. The van der Waals surface area contributed by atoms with E-state index < -0.39 is 0 Å². The summed E-state index contributed by atoms with van der Waals surface area (Å²) in [5.74, 6) is 0.203. The van der Waals surface area contributed by atoms with Crippen LogP contribution in [0.1, 0.15) is 17.5 Å². The molecule has 0 spiro atoms. The van der Waals surface area contributed by atoms with E-state index in [1.807, 2.05) is 49.4 Å². The molecule has 0 saturated carbocycles. The van der Waals surface area contributed by atoms with Gasteiger partial charge in [0, 0.05) is 22.3 Å². The van der Waals surface area contributed by atoms with Crippen molar-refractivity contribution in [3.05, 3.63) is 58.1 Å². The van der Waals surface area contributed by atoms with Gasteiger partial charge in [0.05, 0.1) is 6.54 Å². The monoisotopic (exact) mass is 388 g/mol. The van der Waals surface area contributed by atoms with Crippen LogP contribution in [0, 0.1) is 13.8 Å². The van der Waals surface area contributed by atoms with Crippen LogP contribution in [0.4, 0.5) is 11.4 Å². The summed E-state index contributed by atoms with van der Waals surface area (Å²) >= 11 is 3.35. The van der Waals surface area contributed by atoms with Gasteiger partial charge in [-0.15, -0.1) is 0 Å². The zero-order chi connectivity index (χ0) is 17.5. The molecule has 0 heterocycles. The first-order valence-electron chi connectivity index (χ1n) is 7.63. The standard InChI is InChI=1S/C18H21BrN4O/c1-12-3-6-16(11-13(12)2)23-18(20)21-10-9-17(24)22-15-7-4-14(19)5-8-15/h3-8,11H,9-10H2,1-2H3,(H,22,24)(H3,20,21,23). The quantitative estimate of drug-likeness (QED) is 0.537. The van der Waals surface area contributed by atoms with Crippen molar-refractivity contribution in [3.8, 4) is 0 Å². The summed E-state index contributed by atoms with van der Waals surface area (Å²) in [7, 11) is 0. The highest BCUT2D eigenvalue weighted by atomic mass is 79.9. The molecule has 0 unspecified atom stereocenters. The fourth-order valence-corrected chi connectivity index (χ4v) is 2.31. The Kier molecular flexibility index (Phi) is 6.37. The number of nitrogens with zero attached hydrogens (tertiary/aromatic N) is 1. The minimum absolute atomic E-state index is 0.0972. The number of aliphatic imine (C=N–C) groups is 1. The predicted octanol–water partition coefficient (Wildman–Crippen LogP) is 3.82. The number of guanidine groups is 1. The third kappa shape index (κ3) is 5.70. The molecule has 0 aliphatic carbocycles. The van der Waals surface area contributed by atoms with Gasteiger partial charge in [-0.2, -0.15) is 0 Å². The normalized spacial score (nSPS) is 11.2. The van der Waals surface area contributed by atoms with E-state index in [9.17, 15) is 4.79 Å². The van der Waals surface area contributed by atoms with Crippen molar-refractivity contribution in [2.75, 3.05) is 17.2 Å². The third-order valence-corrected chi connectivity index (χ3v) is 4.06. The maximum Gasteiger partial charge on any atom is 0.226 e. The lowest BCUT2D eigenvalue weighted by atomic mass is 10.1. The fourth-order valence-electron chi connectivity index (χ4n) is 2.04. The van der Waals surface area contributed by atoms with E-state index >= 15 is 0 Å². The summed E-state index contributed by atoms with van der Waals surface area (Å²) in [6.07, 6.45) is 0.269. The summed E-state index contributed by atoms with van der Waals surface area (Å²) in [6.45, 7) is 4.42. The zero-order valence-electron chi connectivity index (χ0n) is 13.8. The van der Waals surface area contributed by atoms with Crippen molar-refractivity contribution < 1.29 is 4.79 Å².